The van der Waals surface area contributed by atoms with Crippen LogP contribution in [0.4, 0.5) is 10.1 Å². The van der Waals surface area contributed by atoms with Gasteiger partial charge in [-0.3, -0.25) is 9.59 Å². The fourth-order valence-corrected chi connectivity index (χ4v) is 2.31. The number of nitrogens with one attached hydrogen (secondary N) is 1. The standard InChI is InChI=1S/C18H16FNO5/c1-11(25-17(21)8-12-4-2-3-5-14(12)19)18(22)20-13-6-7-15-16(9-13)24-10-23-15/h2-7,9,11H,8,10H2,1H3,(H,20,22)/t11-/m1/s1. The Bertz CT molecular complexity index is 808. The van der Waals surface area contributed by atoms with Crippen molar-refractivity contribution in [3.05, 3.63) is 53.8 Å². The highest BCUT2D eigenvalue weighted by Gasteiger charge is 2.20. The molecule has 2 aromatic rings. The number of carbonyl (C=O) groups excluding carboxylic acids is 2. The van der Waals surface area contributed by atoms with Crippen LogP contribution in [0.3, 0.4) is 0 Å². The molecule has 0 saturated carbocycles. The van der Waals surface area contributed by atoms with Crippen molar-refractivity contribution < 1.29 is 28.2 Å². The summed E-state index contributed by atoms with van der Waals surface area (Å²) in [6, 6.07) is 10.9. The number of fused-ring (bicyclic) bond motifs is 1. The molecular weight excluding hydrogens is 329 g/mol. The lowest BCUT2D eigenvalue weighted by Crippen LogP contribution is -2.30. The third-order valence-corrected chi connectivity index (χ3v) is 3.61. The first-order valence-electron chi connectivity index (χ1n) is 7.66. The summed E-state index contributed by atoms with van der Waals surface area (Å²) in [5.41, 5.74) is 0.710. The van der Waals surface area contributed by atoms with E-state index in [0.29, 0.717) is 17.2 Å². The number of amides is 1. The van der Waals surface area contributed by atoms with Crippen molar-refractivity contribution in [1.29, 1.82) is 0 Å². The Morgan fingerprint density at radius 3 is 2.76 bits per heavy atom. The van der Waals surface area contributed by atoms with Crippen molar-refractivity contribution in [2.75, 3.05) is 12.1 Å². The van der Waals surface area contributed by atoms with E-state index >= 15 is 0 Å². The molecule has 0 radical (unpaired) electrons. The molecule has 1 N–H and O–H groups in total. The van der Waals surface area contributed by atoms with Crippen molar-refractivity contribution in [2.24, 2.45) is 0 Å². The van der Waals surface area contributed by atoms with Crippen molar-refractivity contribution in [1.82, 2.24) is 0 Å². The minimum absolute atomic E-state index is 0.136. The Hall–Kier alpha value is -3.09. The fourth-order valence-electron chi connectivity index (χ4n) is 2.31. The minimum atomic E-state index is -1.02. The maximum atomic E-state index is 13.5. The quantitative estimate of drug-likeness (QED) is 0.844. The molecule has 0 unspecified atom stereocenters. The number of ether oxygens (including phenoxy) is 3. The number of carbonyl (C=O) groups is 2. The Balaban J connectivity index is 1.55. The third kappa shape index (κ3) is 4.06. The maximum Gasteiger partial charge on any atom is 0.311 e. The third-order valence-electron chi connectivity index (χ3n) is 3.61. The number of esters is 1. The molecule has 0 bridgehead atoms. The molecule has 0 aliphatic carbocycles. The Labute approximate surface area is 143 Å². The molecule has 1 aliphatic heterocycles. The van der Waals surface area contributed by atoms with Gasteiger partial charge in [0.05, 0.1) is 6.42 Å². The fraction of sp³-hybridized carbons (Fsp3) is 0.222. The first-order valence-corrected chi connectivity index (χ1v) is 7.66. The molecule has 0 spiro atoms. The lowest BCUT2D eigenvalue weighted by atomic mass is 10.1. The zero-order valence-electron chi connectivity index (χ0n) is 13.5. The predicted molar refractivity (Wildman–Crippen MR) is 86.9 cm³/mol. The molecule has 0 aromatic heterocycles. The molecule has 25 heavy (non-hydrogen) atoms. The second-order valence-corrected chi connectivity index (χ2v) is 5.46. The van der Waals surface area contributed by atoms with E-state index in [2.05, 4.69) is 5.32 Å². The van der Waals surface area contributed by atoms with Gasteiger partial charge in [-0.05, 0) is 30.7 Å². The summed E-state index contributed by atoms with van der Waals surface area (Å²) in [7, 11) is 0. The van der Waals surface area contributed by atoms with Crippen LogP contribution in [0.5, 0.6) is 11.5 Å². The lowest BCUT2D eigenvalue weighted by molar-refractivity contribution is -0.152. The van der Waals surface area contributed by atoms with Crippen molar-refractivity contribution in [3.8, 4) is 11.5 Å². The zero-order valence-corrected chi connectivity index (χ0v) is 13.5. The topological polar surface area (TPSA) is 73.9 Å². The van der Waals surface area contributed by atoms with Crippen LogP contribution in [-0.2, 0) is 20.7 Å². The minimum Gasteiger partial charge on any atom is -0.454 e. The molecular formula is C18H16FNO5. The van der Waals surface area contributed by atoms with Crippen LogP contribution in [0.2, 0.25) is 0 Å². The average Bonchev–Trinajstić information content (AvgIpc) is 3.04. The largest absolute Gasteiger partial charge is 0.454 e. The first-order chi connectivity index (χ1) is 12.0. The van der Waals surface area contributed by atoms with Gasteiger partial charge in [-0.15, -0.1) is 0 Å². The van der Waals surface area contributed by atoms with Gasteiger partial charge >= 0.3 is 5.97 Å². The molecule has 7 heteroatoms. The number of anilines is 1. The molecule has 0 fully saturated rings. The van der Waals surface area contributed by atoms with E-state index < -0.39 is 23.8 Å². The molecule has 1 amide bonds. The summed E-state index contributed by atoms with van der Waals surface area (Å²) >= 11 is 0. The average molecular weight is 345 g/mol. The summed E-state index contributed by atoms with van der Waals surface area (Å²) in [6.45, 7) is 1.58. The Kier molecular flexibility index (Phi) is 4.83. The van der Waals surface area contributed by atoms with Crippen LogP contribution >= 0.6 is 0 Å². The molecule has 3 rings (SSSR count). The summed E-state index contributed by atoms with van der Waals surface area (Å²) in [6.07, 6.45) is -1.27. The van der Waals surface area contributed by atoms with Gasteiger partial charge in [-0.2, -0.15) is 0 Å². The number of hydrogen-bond donors (Lipinski definition) is 1. The SMILES string of the molecule is C[C@@H](OC(=O)Cc1ccccc1F)C(=O)Nc1ccc2c(c1)OCO2. The van der Waals surface area contributed by atoms with Gasteiger partial charge in [0.2, 0.25) is 6.79 Å². The van der Waals surface area contributed by atoms with Crippen LogP contribution in [-0.4, -0.2) is 24.8 Å². The molecule has 2 aromatic carbocycles. The number of benzene rings is 2. The van der Waals surface area contributed by atoms with E-state index in [1.54, 1.807) is 24.3 Å². The van der Waals surface area contributed by atoms with Crippen LogP contribution in [0, 0.1) is 5.82 Å². The van der Waals surface area contributed by atoms with Crippen molar-refractivity contribution in [3.63, 3.8) is 0 Å². The molecule has 1 atom stereocenters. The van der Waals surface area contributed by atoms with Crippen LogP contribution in [0.1, 0.15) is 12.5 Å². The van der Waals surface area contributed by atoms with Crippen LogP contribution in [0.15, 0.2) is 42.5 Å². The highest BCUT2D eigenvalue weighted by Crippen LogP contribution is 2.34. The van der Waals surface area contributed by atoms with E-state index in [1.807, 2.05) is 0 Å². The van der Waals surface area contributed by atoms with E-state index in [4.69, 9.17) is 14.2 Å². The monoisotopic (exact) mass is 345 g/mol. The summed E-state index contributed by atoms with van der Waals surface area (Å²) < 4.78 is 29.0. The van der Waals surface area contributed by atoms with Crippen LogP contribution in [0.25, 0.3) is 0 Å². The van der Waals surface area contributed by atoms with Gasteiger partial charge in [0.15, 0.2) is 17.6 Å². The van der Waals surface area contributed by atoms with Gasteiger partial charge in [-0.1, -0.05) is 18.2 Å². The van der Waals surface area contributed by atoms with Gasteiger partial charge in [-0.25, -0.2) is 4.39 Å². The smallest absolute Gasteiger partial charge is 0.311 e. The second kappa shape index (κ2) is 7.21. The maximum absolute atomic E-state index is 13.5. The van der Waals surface area contributed by atoms with E-state index in [-0.39, 0.29) is 18.8 Å². The second-order valence-electron chi connectivity index (χ2n) is 5.46. The number of rotatable bonds is 5. The highest BCUT2D eigenvalue weighted by molar-refractivity contribution is 5.95. The molecule has 0 saturated heterocycles. The number of hydrogen-bond acceptors (Lipinski definition) is 5. The Morgan fingerprint density at radius 1 is 1.20 bits per heavy atom. The van der Waals surface area contributed by atoms with E-state index in [0.717, 1.165) is 0 Å². The predicted octanol–water partition coefficient (Wildman–Crippen LogP) is 2.67. The first kappa shape index (κ1) is 16.8. The lowest BCUT2D eigenvalue weighted by Gasteiger charge is -2.14. The highest BCUT2D eigenvalue weighted by atomic mass is 19.1. The van der Waals surface area contributed by atoms with Gasteiger partial charge in [0, 0.05) is 11.8 Å². The summed E-state index contributed by atoms with van der Waals surface area (Å²) in [5.74, 6) is -0.541. The summed E-state index contributed by atoms with van der Waals surface area (Å²) in [4.78, 5) is 24.0. The summed E-state index contributed by atoms with van der Waals surface area (Å²) in [5, 5.41) is 2.63. The molecule has 130 valence electrons. The van der Waals surface area contributed by atoms with E-state index in [9.17, 15) is 14.0 Å². The van der Waals surface area contributed by atoms with E-state index in [1.165, 1.54) is 25.1 Å². The van der Waals surface area contributed by atoms with Crippen LogP contribution < -0.4 is 14.8 Å². The van der Waals surface area contributed by atoms with Gasteiger partial charge < -0.3 is 19.5 Å². The normalized spacial score (nSPS) is 13.2. The van der Waals surface area contributed by atoms with Gasteiger partial charge in [0.25, 0.3) is 5.91 Å². The molecule has 6 nitrogen and oxygen atoms in total. The molecule has 1 heterocycles. The molecule has 1 aliphatic rings. The zero-order chi connectivity index (χ0) is 17.8. The number of halogens is 1. The van der Waals surface area contributed by atoms with Crippen molar-refractivity contribution in [2.45, 2.75) is 19.4 Å². The van der Waals surface area contributed by atoms with Crippen molar-refractivity contribution >= 4 is 17.6 Å². The van der Waals surface area contributed by atoms with Gasteiger partial charge in [0.1, 0.15) is 5.82 Å². The Morgan fingerprint density at radius 2 is 1.96 bits per heavy atom.